The number of amides is 2. The zero-order valence-electron chi connectivity index (χ0n) is 30.1. The maximum Gasteiger partial charge on any atom is 0.291 e. The van der Waals surface area contributed by atoms with E-state index in [0.717, 1.165) is 74.3 Å². The molecule has 1 aliphatic carbocycles. The highest BCUT2D eigenvalue weighted by Gasteiger charge is 2.29. The molecule has 4 aromatic rings. The number of benzene rings is 2. The predicted octanol–water partition coefficient (Wildman–Crippen LogP) is 7.73. The fourth-order valence-electron chi connectivity index (χ4n) is 8.04. The fourth-order valence-corrected chi connectivity index (χ4v) is 8.59. The van der Waals surface area contributed by atoms with E-state index in [2.05, 4.69) is 34.3 Å². The zero-order chi connectivity index (χ0) is 35.8. The molecular weight excluding hydrogens is 683 g/mol. The summed E-state index contributed by atoms with van der Waals surface area (Å²) in [6.07, 6.45) is 9.78. The van der Waals surface area contributed by atoms with Crippen LogP contribution in [0.3, 0.4) is 0 Å². The summed E-state index contributed by atoms with van der Waals surface area (Å²) in [6, 6.07) is 11.3. The second-order valence-corrected chi connectivity index (χ2v) is 15.4. The first kappa shape index (κ1) is 35.7. The number of aromatic nitrogens is 4. The highest BCUT2D eigenvalue weighted by Crippen LogP contribution is 2.40. The van der Waals surface area contributed by atoms with Crippen molar-refractivity contribution in [2.24, 2.45) is 20.0 Å². The lowest BCUT2D eigenvalue weighted by molar-refractivity contribution is 0.100. The molecule has 0 bridgehead atoms. The van der Waals surface area contributed by atoms with Gasteiger partial charge in [0.15, 0.2) is 11.6 Å². The number of halogens is 2. The van der Waals surface area contributed by atoms with Crippen molar-refractivity contribution in [1.29, 1.82) is 0 Å². The van der Waals surface area contributed by atoms with Gasteiger partial charge in [-0.2, -0.15) is 0 Å². The van der Waals surface area contributed by atoms with Crippen LogP contribution < -0.4 is 10.6 Å². The number of nitrogens with zero attached hydrogens (tertiary/aromatic N) is 6. The first-order valence-corrected chi connectivity index (χ1v) is 19.1. The largest absolute Gasteiger partial charge is 0.327 e. The molecule has 12 heteroatoms. The third-order valence-corrected chi connectivity index (χ3v) is 11.9. The van der Waals surface area contributed by atoms with Gasteiger partial charge in [-0.15, -0.1) is 0 Å². The molecule has 0 unspecified atom stereocenters. The molecule has 2 aromatic carbocycles. The van der Waals surface area contributed by atoms with Gasteiger partial charge in [-0.05, 0) is 44.9 Å². The Morgan fingerprint density at radius 3 is 1.86 bits per heavy atom. The van der Waals surface area contributed by atoms with Crippen LogP contribution in [0.15, 0.2) is 36.4 Å². The summed E-state index contributed by atoms with van der Waals surface area (Å²) in [5.41, 5.74) is 6.27. The van der Waals surface area contributed by atoms with Crippen molar-refractivity contribution in [3.63, 3.8) is 0 Å². The average molecular weight is 732 g/mol. The third kappa shape index (κ3) is 7.33. The number of hydrogen-bond donors (Lipinski definition) is 2. The van der Waals surface area contributed by atoms with Crippen LogP contribution in [0.5, 0.6) is 0 Å². The van der Waals surface area contributed by atoms with E-state index in [0.29, 0.717) is 50.2 Å². The Morgan fingerprint density at radius 1 is 0.784 bits per heavy atom. The van der Waals surface area contributed by atoms with Crippen molar-refractivity contribution in [1.82, 2.24) is 28.9 Å². The van der Waals surface area contributed by atoms with Crippen LogP contribution in [0.1, 0.15) is 96.4 Å². The van der Waals surface area contributed by atoms with Crippen molar-refractivity contribution in [2.45, 2.75) is 84.3 Å². The molecule has 4 heterocycles. The topological polar surface area (TPSA) is 100 Å². The summed E-state index contributed by atoms with van der Waals surface area (Å²) in [5.74, 6) is 0.902. The molecule has 1 saturated carbocycles. The van der Waals surface area contributed by atoms with Crippen LogP contribution in [0.2, 0.25) is 10.0 Å². The Kier molecular flexibility index (Phi) is 10.6. The molecule has 0 radical (unpaired) electrons. The lowest BCUT2D eigenvalue weighted by atomic mass is 9.87. The van der Waals surface area contributed by atoms with Crippen molar-refractivity contribution in [3.8, 4) is 11.1 Å². The van der Waals surface area contributed by atoms with Crippen LogP contribution >= 0.6 is 23.2 Å². The van der Waals surface area contributed by atoms with Crippen molar-refractivity contribution in [3.05, 3.63) is 80.9 Å². The van der Waals surface area contributed by atoms with Crippen LogP contribution in [0, 0.1) is 5.92 Å². The highest BCUT2D eigenvalue weighted by molar-refractivity contribution is 6.40. The van der Waals surface area contributed by atoms with Gasteiger partial charge in [-0.25, -0.2) is 9.97 Å². The summed E-state index contributed by atoms with van der Waals surface area (Å²) < 4.78 is 3.80. The lowest BCUT2D eigenvalue weighted by Crippen LogP contribution is -2.36. The first-order valence-electron chi connectivity index (χ1n) is 18.3. The third-order valence-electron chi connectivity index (χ3n) is 11.1. The highest BCUT2D eigenvalue weighted by atomic mass is 35.5. The first-order chi connectivity index (χ1) is 24.6. The predicted molar refractivity (Wildman–Crippen MR) is 204 cm³/mol. The molecule has 2 N–H and O–H groups in total. The molecule has 51 heavy (non-hydrogen) atoms. The number of fused-ring (bicyclic) bond motifs is 2. The Bertz CT molecular complexity index is 1940. The summed E-state index contributed by atoms with van der Waals surface area (Å²) in [4.78, 5) is 41.5. The molecule has 2 aromatic heterocycles. The van der Waals surface area contributed by atoms with Gasteiger partial charge in [-0.3, -0.25) is 19.4 Å². The van der Waals surface area contributed by atoms with Crippen molar-refractivity contribution in [2.75, 3.05) is 30.3 Å². The molecule has 270 valence electrons. The summed E-state index contributed by atoms with van der Waals surface area (Å²) in [5, 5.41) is 6.65. The van der Waals surface area contributed by atoms with Gasteiger partial charge in [0.25, 0.3) is 11.8 Å². The molecule has 0 saturated heterocycles. The number of rotatable bonds is 9. The number of anilines is 2. The minimum absolute atomic E-state index is 0.318. The van der Waals surface area contributed by atoms with Gasteiger partial charge < -0.3 is 19.8 Å². The van der Waals surface area contributed by atoms with Gasteiger partial charge >= 0.3 is 0 Å². The monoisotopic (exact) mass is 730 g/mol. The van der Waals surface area contributed by atoms with E-state index in [1.165, 1.54) is 38.5 Å². The number of nitrogens with one attached hydrogen (secondary N) is 2. The van der Waals surface area contributed by atoms with E-state index in [1.807, 2.05) is 47.5 Å². The maximum atomic E-state index is 13.6. The fraction of sp³-hybridized carbons (Fsp3) is 0.487. The quantitative estimate of drug-likeness (QED) is 0.183. The van der Waals surface area contributed by atoms with E-state index in [4.69, 9.17) is 33.2 Å². The van der Waals surface area contributed by atoms with Crippen LogP contribution in [-0.4, -0.2) is 66.4 Å². The minimum Gasteiger partial charge on any atom is -0.327 e. The Balaban J connectivity index is 1.05. The molecular formula is C39H48Cl2N8O2. The molecule has 2 amide bonds. The minimum atomic E-state index is -0.334. The SMILES string of the molecule is CC(C)N1CCc2c(nc(C(=O)Nc3cccc(-c4cccc(NC(=O)c5nc6c(n5C)CCN(CCC5CCCCC5)C6)c4Cl)c3Cl)n2C)C1. The van der Waals surface area contributed by atoms with Gasteiger partial charge in [0.1, 0.15) is 0 Å². The van der Waals surface area contributed by atoms with E-state index < -0.39 is 0 Å². The van der Waals surface area contributed by atoms with Crippen LogP contribution in [-0.2, 0) is 40.0 Å². The number of hydrogen-bond acceptors (Lipinski definition) is 6. The molecule has 3 aliphatic rings. The van der Waals surface area contributed by atoms with Crippen LogP contribution in [0.25, 0.3) is 11.1 Å². The van der Waals surface area contributed by atoms with Crippen molar-refractivity contribution < 1.29 is 9.59 Å². The molecule has 2 aliphatic heterocycles. The standard InChI is InChI=1S/C39H48Cl2N8O2/c1-24(2)49-21-18-33-31(23-49)43-37(47(33)4)39(51)45-29-15-9-13-27(35(29)41)26-12-8-14-28(34(26)40)44-38(50)36-42-30-22-48(20-17-32(30)46(36)3)19-16-25-10-6-5-7-11-25/h8-9,12-15,24-25H,5-7,10-11,16-23H2,1-4H3,(H,44,50)(H,45,51). The van der Waals surface area contributed by atoms with Gasteiger partial charge in [0.05, 0.1) is 32.8 Å². The molecule has 7 rings (SSSR count). The molecule has 0 atom stereocenters. The molecule has 1 fully saturated rings. The number of imidazole rings is 2. The second-order valence-electron chi connectivity index (χ2n) is 14.7. The average Bonchev–Trinajstić information content (AvgIpc) is 3.65. The van der Waals surface area contributed by atoms with Crippen molar-refractivity contribution >= 4 is 46.4 Å². The Morgan fingerprint density at radius 2 is 1.31 bits per heavy atom. The maximum absolute atomic E-state index is 13.6. The normalized spacial score (nSPS) is 17.0. The Labute approximate surface area is 310 Å². The Hall–Kier alpha value is -3.70. The van der Waals surface area contributed by atoms with Crippen LogP contribution in [0.4, 0.5) is 11.4 Å². The van der Waals surface area contributed by atoms with Gasteiger partial charge in [0, 0.05) is 81.7 Å². The van der Waals surface area contributed by atoms with Gasteiger partial charge in [0.2, 0.25) is 0 Å². The lowest BCUT2D eigenvalue weighted by Gasteiger charge is -2.29. The molecule has 10 nitrogen and oxygen atoms in total. The summed E-state index contributed by atoms with van der Waals surface area (Å²) in [7, 11) is 3.80. The van der Waals surface area contributed by atoms with E-state index in [-0.39, 0.29) is 11.8 Å². The smallest absolute Gasteiger partial charge is 0.291 e. The van der Waals surface area contributed by atoms with E-state index in [1.54, 1.807) is 12.1 Å². The van der Waals surface area contributed by atoms with E-state index in [9.17, 15) is 9.59 Å². The summed E-state index contributed by atoms with van der Waals surface area (Å²) >= 11 is 13.9. The molecule has 0 spiro atoms. The number of carbonyl (C=O) groups excluding carboxylic acids is 2. The second kappa shape index (κ2) is 15.1. The van der Waals surface area contributed by atoms with E-state index >= 15 is 0 Å². The summed E-state index contributed by atoms with van der Waals surface area (Å²) in [6.45, 7) is 8.83. The number of carbonyl (C=O) groups is 2. The van der Waals surface area contributed by atoms with Gasteiger partial charge in [-0.1, -0.05) is 79.6 Å². The zero-order valence-corrected chi connectivity index (χ0v) is 31.6.